The molecule has 1 aliphatic rings. The highest BCUT2D eigenvalue weighted by atomic mass is 16.3. The smallest absolute Gasteiger partial charge is 0.258 e. The zero-order chi connectivity index (χ0) is 17.4. The number of carbonyl (C=O) groups excluding carboxylic acids is 2. The Balaban J connectivity index is 1.87. The number of nitrogens with zero attached hydrogens (tertiary/aromatic N) is 2. The Morgan fingerprint density at radius 3 is 2.44 bits per heavy atom. The van der Waals surface area contributed by atoms with Gasteiger partial charge in [0.05, 0.1) is 24.3 Å². The second kappa shape index (κ2) is 5.99. The lowest BCUT2D eigenvalue weighted by atomic mass is 9.98. The molecule has 4 rings (SSSR count). The quantitative estimate of drug-likeness (QED) is 0.716. The van der Waals surface area contributed by atoms with Gasteiger partial charge in [0, 0.05) is 17.3 Å². The fraction of sp³-hybridized carbons (Fsp3) is 0.105. The van der Waals surface area contributed by atoms with E-state index in [0.29, 0.717) is 17.7 Å². The van der Waals surface area contributed by atoms with Crippen molar-refractivity contribution < 1.29 is 14.7 Å². The van der Waals surface area contributed by atoms with Gasteiger partial charge in [-0.15, -0.1) is 0 Å². The van der Waals surface area contributed by atoms with E-state index in [1.807, 2.05) is 42.6 Å². The van der Waals surface area contributed by atoms with Gasteiger partial charge in [-0.1, -0.05) is 36.4 Å². The molecular weight excluding hydrogens is 318 g/mol. The molecule has 0 saturated heterocycles. The minimum Gasteiger partial charge on any atom is -0.394 e. The van der Waals surface area contributed by atoms with Crippen molar-refractivity contribution >= 4 is 11.8 Å². The van der Waals surface area contributed by atoms with Crippen LogP contribution < -0.4 is 5.32 Å². The van der Waals surface area contributed by atoms with Crippen LogP contribution in [0.3, 0.4) is 0 Å². The molecule has 0 saturated carbocycles. The first-order valence-electron chi connectivity index (χ1n) is 7.91. The van der Waals surface area contributed by atoms with Crippen molar-refractivity contribution in [2.24, 2.45) is 0 Å². The minimum atomic E-state index is -0.383. The first-order chi connectivity index (χ1) is 12.2. The van der Waals surface area contributed by atoms with Gasteiger partial charge in [-0.3, -0.25) is 19.6 Å². The molecule has 2 heterocycles. The standard InChI is InChI=1S/C19H15N3O3/c23-9-8-22-11-16(17(21-22)12-4-2-1-3-5-12)13-6-7-14-15(10-13)19(25)20-18(14)24/h1-7,10-11,23H,8-9H2,(H,20,24,25). The molecule has 0 atom stereocenters. The zero-order valence-electron chi connectivity index (χ0n) is 13.3. The van der Waals surface area contributed by atoms with Gasteiger partial charge < -0.3 is 5.11 Å². The first kappa shape index (κ1) is 15.3. The van der Waals surface area contributed by atoms with Gasteiger partial charge in [-0.05, 0) is 17.7 Å². The van der Waals surface area contributed by atoms with Crippen LogP contribution in [0.5, 0.6) is 0 Å². The number of aliphatic hydroxyl groups excluding tert-OH is 1. The number of benzene rings is 2. The highest BCUT2D eigenvalue weighted by Crippen LogP contribution is 2.32. The predicted octanol–water partition coefficient (Wildman–Crippen LogP) is 2.09. The second-order valence-electron chi connectivity index (χ2n) is 5.79. The van der Waals surface area contributed by atoms with E-state index in [-0.39, 0.29) is 18.4 Å². The lowest BCUT2D eigenvalue weighted by molar-refractivity contribution is 0.0879. The van der Waals surface area contributed by atoms with Crippen molar-refractivity contribution in [3.63, 3.8) is 0 Å². The number of amides is 2. The average molecular weight is 333 g/mol. The summed E-state index contributed by atoms with van der Waals surface area (Å²) in [6.45, 7) is 0.361. The second-order valence-corrected chi connectivity index (χ2v) is 5.79. The summed E-state index contributed by atoms with van der Waals surface area (Å²) in [6, 6.07) is 14.9. The molecule has 3 aromatic rings. The normalized spacial score (nSPS) is 13.0. The molecule has 1 aliphatic heterocycles. The lowest BCUT2D eigenvalue weighted by Gasteiger charge is -2.04. The van der Waals surface area contributed by atoms with Crippen molar-refractivity contribution in [3.8, 4) is 22.4 Å². The van der Waals surface area contributed by atoms with E-state index in [2.05, 4.69) is 10.4 Å². The Morgan fingerprint density at radius 2 is 1.68 bits per heavy atom. The number of aromatic nitrogens is 2. The number of fused-ring (bicyclic) bond motifs is 1. The predicted molar refractivity (Wildman–Crippen MR) is 92.0 cm³/mol. The van der Waals surface area contributed by atoms with Gasteiger partial charge >= 0.3 is 0 Å². The zero-order valence-corrected chi connectivity index (χ0v) is 13.3. The summed E-state index contributed by atoms with van der Waals surface area (Å²) in [5.41, 5.74) is 4.10. The molecule has 6 nitrogen and oxygen atoms in total. The van der Waals surface area contributed by atoms with Crippen LogP contribution in [0.15, 0.2) is 54.7 Å². The summed E-state index contributed by atoms with van der Waals surface area (Å²) in [7, 11) is 0. The van der Waals surface area contributed by atoms with E-state index >= 15 is 0 Å². The number of nitrogens with one attached hydrogen (secondary N) is 1. The molecule has 2 aromatic carbocycles. The summed E-state index contributed by atoms with van der Waals surface area (Å²) >= 11 is 0. The van der Waals surface area contributed by atoms with Crippen LogP contribution in [0.25, 0.3) is 22.4 Å². The van der Waals surface area contributed by atoms with Gasteiger partial charge in [0.1, 0.15) is 5.69 Å². The van der Waals surface area contributed by atoms with Gasteiger partial charge in [0.25, 0.3) is 11.8 Å². The molecule has 2 amide bonds. The highest BCUT2D eigenvalue weighted by molar-refractivity contribution is 6.21. The molecular formula is C19H15N3O3. The molecule has 0 unspecified atom stereocenters. The fourth-order valence-corrected chi connectivity index (χ4v) is 2.99. The Kier molecular flexibility index (Phi) is 3.66. The van der Waals surface area contributed by atoms with Crippen LogP contribution >= 0.6 is 0 Å². The van der Waals surface area contributed by atoms with E-state index in [4.69, 9.17) is 0 Å². The molecule has 124 valence electrons. The maximum Gasteiger partial charge on any atom is 0.258 e. The van der Waals surface area contributed by atoms with Gasteiger partial charge in [0.2, 0.25) is 0 Å². The Bertz CT molecular complexity index is 977. The molecule has 1 aromatic heterocycles. The molecule has 2 N–H and O–H groups in total. The number of imide groups is 1. The van der Waals surface area contributed by atoms with Crippen LogP contribution in [0.4, 0.5) is 0 Å². The molecule has 0 bridgehead atoms. The van der Waals surface area contributed by atoms with Crippen LogP contribution in [-0.2, 0) is 6.54 Å². The summed E-state index contributed by atoms with van der Waals surface area (Å²) in [4.78, 5) is 23.7. The maximum atomic E-state index is 11.9. The molecule has 25 heavy (non-hydrogen) atoms. The molecule has 0 spiro atoms. The molecule has 0 radical (unpaired) electrons. The third-order valence-corrected chi connectivity index (χ3v) is 4.18. The first-order valence-corrected chi connectivity index (χ1v) is 7.91. The molecule has 0 aliphatic carbocycles. The largest absolute Gasteiger partial charge is 0.394 e. The SMILES string of the molecule is O=C1NC(=O)c2cc(-c3cn(CCO)nc3-c3ccccc3)ccc21. The Hall–Kier alpha value is -3.25. The molecule has 6 heteroatoms. The lowest BCUT2D eigenvalue weighted by Crippen LogP contribution is -2.19. The van der Waals surface area contributed by atoms with Crippen LogP contribution in [-0.4, -0.2) is 33.3 Å². The van der Waals surface area contributed by atoms with Crippen molar-refractivity contribution in [1.29, 1.82) is 0 Å². The monoisotopic (exact) mass is 333 g/mol. The summed E-state index contributed by atoms with van der Waals surface area (Å²) in [6.07, 6.45) is 1.84. The molecule has 0 fully saturated rings. The van der Waals surface area contributed by atoms with Crippen LogP contribution in [0, 0.1) is 0 Å². The number of carbonyl (C=O) groups is 2. The number of aliphatic hydroxyl groups is 1. The Labute approximate surface area is 143 Å². The number of rotatable bonds is 4. The van der Waals surface area contributed by atoms with E-state index < -0.39 is 0 Å². The minimum absolute atomic E-state index is 0.0174. The van der Waals surface area contributed by atoms with Gasteiger partial charge in [-0.2, -0.15) is 5.10 Å². The Morgan fingerprint density at radius 1 is 0.920 bits per heavy atom. The highest BCUT2D eigenvalue weighted by Gasteiger charge is 2.27. The number of hydrogen-bond donors (Lipinski definition) is 2. The van der Waals surface area contributed by atoms with E-state index in [9.17, 15) is 14.7 Å². The van der Waals surface area contributed by atoms with Crippen LogP contribution in [0.1, 0.15) is 20.7 Å². The van der Waals surface area contributed by atoms with E-state index in [1.54, 1.807) is 16.8 Å². The van der Waals surface area contributed by atoms with Gasteiger partial charge in [0.15, 0.2) is 0 Å². The van der Waals surface area contributed by atoms with E-state index in [1.165, 1.54) is 0 Å². The van der Waals surface area contributed by atoms with Gasteiger partial charge in [-0.25, -0.2) is 0 Å². The van der Waals surface area contributed by atoms with Crippen molar-refractivity contribution in [2.45, 2.75) is 6.54 Å². The van der Waals surface area contributed by atoms with Crippen molar-refractivity contribution in [3.05, 3.63) is 65.9 Å². The van der Waals surface area contributed by atoms with Crippen LogP contribution in [0.2, 0.25) is 0 Å². The van der Waals surface area contributed by atoms with Crippen molar-refractivity contribution in [2.75, 3.05) is 6.61 Å². The average Bonchev–Trinajstić information content (AvgIpc) is 3.17. The third-order valence-electron chi connectivity index (χ3n) is 4.18. The summed E-state index contributed by atoms with van der Waals surface area (Å²) in [5.74, 6) is -0.753. The fourth-order valence-electron chi connectivity index (χ4n) is 2.99. The number of hydrogen-bond acceptors (Lipinski definition) is 4. The summed E-state index contributed by atoms with van der Waals surface area (Å²) < 4.78 is 1.68. The van der Waals surface area contributed by atoms with E-state index in [0.717, 1.165) is 22.4 Å². The summed E-state index contributed by atoms with van der Waals surface area (Å²) in [5, 5.41) is 16.1. The maximum absolute atomic E-state index is 11.9. The topological polar surface area (TPSA) is 84.2 Å². The third kappa shape index (κ3) is 2.62. The van der Waals surface area contributed by atoms with Crippen molar-refractivity contribution in [1.82, 2.24) is 15.1 Å².